The number of thiazole rings is 1. The number of nitrogens with one attached hydrogen (secondary N) is 1. The molecule has 9 heteroatoms. The van der Waals surface area contributed by atoms with Gasteiger partial charge < -0.3 is 0 Å². The number of nitro benzene ring substituents is 1. The first-order valence-corrected chi connectivity index (χ1v) is 9.52. The summed E-state index contributed by atoms with van der Waals surface area (Å²) in [5, 5.41) is 12.8. The van der Waals surface area contributed by atoms with Crippen LogP contribution in [-0.2, 0) is 10.0 Å². The maximum absolute atomic E-state index is 12.4. The van der Waals surface area contributed by atoms with Gasteiger partial charge in [0.05, 0.1) is 21.1 Å². The van der Waals surface area contributed by atoms with Gasteiger partial charge in [0.1, 0.15) is 0 Å². The molecule has 0 radical (unpaired) electrons. The molecule has 7 nitrogen and oxygen atoms in total. The highest BCUT2D eigenvalue weighted by molar-refractivity contribution is 7.93. The van der Waals surface area contributed by atoms with E-state index < -0.39 is 14.9 Å². The second-order valence-corrected chi connectivity index (χ2v) is 7.77. The molecule has 0 saturated carbocycles. The van der Waals surface area contributed by atoms with Gasteiger partial charge in [-0.05, 0) is 25.1 Å². The Morgan fingerprint density at radius 2 is 1.80 bits per heavy atom. The third-order valence-electron chi connectivity index (χ3n) is 3.43. The normalized spacial score (nSPS) is 11.2. The maximum atomic E-state index is 12.4. The maximum Gasteiger partial charge on any atom is 0.278 e. The summed E-state index contributed by atoms with van der Waals surface area (Å²) in [5.74, 6) is 0. The topological polar surface area (TPSA) is 102 Å². The molecular weight excluding hydrogens is 362 g/mol. The molecule has 0 aliphatic rings. The zero-order valence-electron chi connectivity index (χ0n) is 13.0. The van der Waals surface area contributed by atoms with E-state index >= 15 is 0 Å². The predicted molar refractivity (Wildman–Crippen MR) is 96.2 cm³/mol. The van der Waals surface area contributed by atoms with Crippen LogP contribution in [-0.4, -0.2) is 18.3 Å². The summed E-state index contributed by atoms with van der Waals surface area (Å²) in [6.45, 7) is 1.86. The molecule has 25 heavy (non-hydrogen) atoms. The summed E-state index contributed by atoms with van der Waals surface area (Å²) in [4.78, 5) is 14.9. The van der Waals surface area contributed by atoms with Crippen molar-refractivity contribution >= 4 is 32.2 Å². The lowest BCUT2D eigenvalue weighted by atomic mass is 10.1. The van der Waals surface area contributed by atoms with Gasteiger partial charge >= 0.3 is 0 Å². The van der Waals surface area contributed by atoms with Crippen LogP contribution in [0.4, 0.5) is 10.8 Å². The average Bonchev–Trinajstić information content (AvgIpc) is 3.03. The van der Waals surface area contributed by atoms with Crippen molar-refractivity contribution in [2.75, 3.05) is 4.72 Å². The van der Waals surface area contributed by atoms with Gasteiger partial charge in [-0.25, -0.2) is 13.4 Å². The van der Waals surface area contributed by atoms with Crippen LogP contribution in [0.1, 0.15) is 5.56 Å². The molecule has 0 aliphatic carbocycles. The van der Waals surface area contributed by atoms with Crippen LogP contribution in [0.25, 0.3) is 11.3 Å². The summed E-state index contributed by atoms with van der Waals surface area (Å²) in [6, 6.07) is 12.6. The summed E-state index contributed by atoms with van der Waals surface area (Å²) in [7, 11) is -3.76. The minimum atomic E-state index is -3.76. The first-order valence-electron chi connectivity index (χ1n) is 7.15. The van der Waals surface area contributed by atoms with Crippen molar-refractivity contribution in [1.82, 2.24) is 4.98 Å². The highest BCUT2D eigenvalue weighted by Crippen LogP contribution is 2.32. The lowest BCUT2D eigenvalue weighted by molar-refractivity contribution is -0.384. The van der Waals surface area contributed by atoms with Crippen LogP contribution in [0, 0.1) is 17.0 Å². The van der Waals surface area contributed by atoms with Crippen molar-refractivity contribution < 1.29 is 13.3 Å². The van der Waals surface area contributed by atoms with Gasteiger partial charge in [-0.1, -0.05) is 29.8 Å². The van der Waals surface area contributed by atoms with Crippen molar-refractivity contribution in [1.29, 1.82) is 0 Å². The van der Waals surface area contributed by atoms with Crippen molar-refractivity contribution in [3.05, 3.63) is 69.6 Å². The number of nitrogens with zero attached hydrogens (tertiary/aromatic N) is 2. The number of benzene rings is 2. The van der Waals surface area contributed by atoms with Crippen LogP contribution < -0.4 is 4.72 Å². The van der Waals surface area contributed by atoms with Crippen LogP contribution >= 0.6 is 11.3 Å². The average molecular weight is 375 g/mol. The lowest BCUT2D eigenvalue weighted by Gasteiger charge is -2.05. The van der Waals surface area contributed by atoms with Crippen molar-refractivity contribution in [2.24, 2.45) is 0 Å². The van der Waals surface area contributed by atoms with Gasteiger partial charge in [-0.2, -0.15) is 0 Å². The van der Waals surface area contributed by atoms with E-state index in [1.165, 1.54) is 18.2 Å². The summed E-state index contributed by atoms with van der Waals surface area (Å²) >= 11 is 1.07. The number of aromatic nitrogens is 1. The second kappa shape index (κ2) is 6.61. The SMILES string of the molecule is Cc1ccc(S(=O)(=O)Nc2nc(-c3ccccc3[N+](=O)[O-])cs2)cc1. The predicted octanol–water partition coefficient (Wildman–Crippen LogP) is 3.83. The van der Waals surface area contributed by atoms with Crippen molar-refractivity contribution in [2.45, 2.75) is 11.8 Å². The monoisotopic (exact) mass is 375 g/mol. The van der Waals surface area contributed by atoms with Crippen molar-refractivity contribution in [3.8, 4) is 11.3 Å². The Balaban J connectivity index is 1.90. The second-order valence-electron chi connectivity index (χ2n) is 5.23. The van der Waals surface area contributed by atoms with Gasteiger partial charge in [-0.15, -0.1) is 11.3 Å². The highest BCUT2D eigenvalue weighted by atomic mass is 32.2. The van der Waals surface area contributed by atoms with E-state index in [0.29, 0.717) is 11.3 Å². The molecule has 2 aromatic carbocycles. The molecule has 0 unspecified atom stereocenters. The first-order chi connectivity index (χ1) is 11.9. The molecule has 0 fully saturated rings. The third kappa shape index (κ3) is 3.67. The quantitative estimate of drug-likeness (QED) is 0.539. The van der Waals surface area contributed by atoms with Crippen molar-refractivity contribution in [3.63, 3.8) is 0 Å². The Hall–Kier alpha value is -2.78. The molecule has 128 valence electrons. The lowest BCUT2D eigenvalue weighted by Crippen LogP contribution is -2.12. The fraction of sp³-hybridized carbons (Fsp3) is 0.0625. The van der Waals surface area contributed by atoms with E-state index in [0.717, 1.165) is 16.9 Å². The summed E-state index contributed by atoms with van der Waals surface area (Å²) in [6.07, 6.45) is 0. The number of hydrogen-bond donors (Lipinski definition) is 1. The molecule has 3 aromatic rings. The van der Waals surface area contributed by atoms with Gasteiger partial charge in [0.25, 0.3) is 15.7 Å². The molecule has 0 saturated heterocycles. The number of rotatable bonds is 5. The van der Waals surface area contributed by atoms with E-state index in [1.807, 2.05) is 6.92 Å². The van der Waals surface area contributed by atoms with E-state index in [2.05, 4.69) is 9.71 Å². The number of nitro groups is 1. The fourth-order valence-electron chi connectivity index (χ4n) is 2.19. The van der Waals surface area contributed by atoms with Gasteiger partial charge in [0, 0.05) is 11.4 Å². The minimum absolute atomic E-state index is 0.0826. The molecule has 3 rings (SSSR count). The Morgan fingerprint density at radius 1 is 1.12 bits per heavy atom. The van der Waals surface area contributed by atoms with Crippen LogP contribution in [0.15, 0.2) is 58.8 Å². The number of hydrogen-bond acceptors (Lipinski definition) is 6. The molecule has 0 amide bonds. The molecule has 0 aliphatic heterocycles. The van der Waals surface area contributed by atoms with Gasteiger partial charge in [0.2, 0.25) is 0 Å². The molecule has 1 aromatic heterocycles. The Bertz CT molecular complexity index is 1030. The molecule has 0 bridgehead atoms. The van der Waals surface area contributed by atoms with Gasteiger partial charge in [0.15, 0.2) is 5.13 Å². The Kier molecular flexibility index (Phi) is 4.51. The highest BCUT2D eigenvalue weighted by Gasteiger charge is 2.19. The van der Waals surface area contributed by atoms with Crippen LogP contribution in [0.2, 0.25) is 0 Å². The number of aryl methyl sites for hydroxylation is 1. The minimum Gasteiger partial charge on any atom is -0.258 e. The number of sulfonamides is 1. The van der Waals surface area contributed by atoms with Crippen LogP contribution in [0.5, 0.6) is 0 Å². The number of para-hydroxylation sites is 1. The van der Waals surface area contributed by atoms with E-state index in [4.69, 9.17) is 0 Å². The third-order valence-corrected chi connectivity index (χ3v) is 5.68. The summed E-state index contributed by atoms with van der Waals surface area (Å²) in [5.41, 5.74) is 1.55. The zero-order valence-corrected chi connectivity index (χ0v) is 14.7. The number of anilines is 1. The first kappa shape index (κ1) is 17.1. The van der Waals surface area contributed by atoms with E-state index in [1.54, 1.807) is 35.7 Å². The molecular formula is C16H13N3O4S2. The molecule has 1 heterocycles. The molecule has 1 N–H and O–H groups in total. The smallest absolute Gasteiger partial charge is 0.258 e. The Labute approximate surface area is 148 Å². The standard InChI is InChI=1S/C16H13N3O4S2/c1-11-6-8-12(9-7-11)25(22,23)18-16-17-14(10-24-16)13-4-2-3-5-15(13)19(20)21/h2-10H,1H3,(H,17,18). The largest absolute Gasteiger partial charge is 0.278 e. The molecule has 0 atom stereocenters. The van der Waals surface area contributed by atoms with E-state index in [9.17, 15) is 18.5 Å². The van der Waals surface area contributed by atoms with Gasteiger partial charge in [-0.3, -0.25) is 14.8 Å². The zero-order chi connectivity index (χ0) is 18.0. The molecule has 0 spiro atoms. The fourth-order valence-corrected chi connectivity index (χ4v) is 4.15. The Morgan fingerprint density at radius 3 is 2.48 bits per heavy atom. The van der Waals surface area contributed by atoms with Crippen LogP contribution in [0.3, 0.4) is 0 Å². The van der Waals surface area contributed by atoms with E-state index in [-0.39, 0.29) is 15.7 Å². The summed E-state index contributed by atoms with van der Waals surface area (Å²) < 4.78 is 27.2.